The predicted octanol–water partition coefficient (Wildman–Crippen LogP) is 1.31. The summed E-state index contributed by atoms with van der Waals surface area (Å²) in [6.07, 6.45) is 8.03. The molecule has 1 atom stereocenters. The summed E-state index contributed by atoms with van der Waals surface area (Å²) in [6, 6.07) is 0. The fourth-order valence-corrected chi connectivity index (χ4v) is 4.31. The standard InChI is InChI=1S/C20H30N6O3/c1-24-13-17(21-14-24)20(28)25-7-2-3-16(4-8-25)19-22-18(23-26(19)9-10-27)15-5-11-29-12-6-15/h13-16,27H,2-12H2,1H3. The van der Waals surface area contributed by atoms with Crippen LogP contribution in [0.5, 0.6) is 0 Å². The van der Waals surface area contributed by atoms with Crippen LogP contribution in [-0.2, 0) is 18.3 Å². The minimum Gasteiger partial charge on any atom is -0.394 e. The van der Waals surface area contributed by atoms with E-state index in [0.29, 0.717) is 24.7 Å². The maximum atomic E-state index is 12.8. The molecule has 2 aromatic heterocycles. The van der Waals surface area contributed by atoms with Gasteiger partial charge in [0.1, 0.15) is 11.5 Å². The molecule has 4 heterocycles. The maximum absolute atomic E-state index is 12.8. The molecule has 0 radical (unpaired) electrons. The lowest BCUT2D eigenvalue weighted by molar-refractivity contribution is 0.0755. The van der Waals surface area contributed by atoms with E-state index in [1.807, 2.05) is 16.6 Å². The molecule has 1 N–H and O–H groups in total. The molecular formula is C20H30N6O3. The van der Waals surface area contributed by atoms with Crippen LogP contribution in [0.1, 0.15) is 66.1 Å². The van der Waals surface area contributed by atoms with Crippen molar-refractivity contribution in [3.05, 3.63) is 29.9 Å². The predicted molar refractivity (Wildman–Crippen MR) is 106 cm³/mol. The fourth-order valence-electron chi connectivity index (χ4n) is 4.31. The number of aliphatic hydroxyl groups is 1. The number of carbonyl (C=O) groups excluding carboxylic acids is 1. The molecule has 1 unspecified atom stereocenters. The first-order chi connectivity index (χ1) is 14.2. The van der Waals surface area contributed by atoms with Crippen LogP contribution in [0.25, 0.3) is 0 Å². The van der Waals surface area contributed by atoms with Crippen LogP contribution < -0.4 is 0 Å². The van der Waals surface area contributed by atoms with Crippen LogP contribution in [0.3, 0.4) is 0 Å². The van der Waals surface area contributed by atoms with Crippen LogP contribution in [0.15, 0.2) is 12.5 Å². The van der Waals surface area contributed by atoms with E-state index in [2.05, 4.69) is 4.98 Å². The van der Waals surface area contributed by atoms with Crippen LogP contribution in [0.2, 0.25) is 0 Å². The van der Waals surface area contributed by atoms with Crippen LogP contribution in [0, 0.1) is 0 Å². The molecule has 29 heavy (non-hydrogen) atoms. The van der Waals surface area contributed by atoms with Gasteiger partial charge in [-0.3, -0.25) is 4.79 Å². The van der Waals surface area contributed by atoms with Gasteiger partial charge in [0.2, 0.25) is 0 Å². The Labute approximate surface area is 170 Å². The van der Waals surface area contributed by atoms with E-state index >= 15 is 0 Å². The lowest BCUT2D eigenvalue weighted by Gasteiger charge is -2.19. The zero-order valence-corrected chi connectivity index (χ0v) is 17.0. The number of hydrogen-bond acceptors (Lipinski definition) is 6. The molecule has 2 aliphatic heterocycles. The molecule has 2 saturated heterocycles. The molecular weight excluding hydrogens is 372 g/mol. The highest BCUT2D eigenvalue weighted by atomic mass is 16.5. The number of carbonyl (C=O) groups is 1. The zero-order chi connectivity index (χ0) is 20.2. The van der Waals surface area contributed by atoms with E-state index in [0.717, 1.165) is 63.5 Å². The average Bonchev–Trinajstić information content (AvgIpc) is 3.28. The first kappa shape index (κ1) is 20.0. The van der Waals surface area contributed by atoms with Crippen molar-refractivity contribution in [2.75, 3.05) is 32.9 Å². The van der Waals surface area contributed by atoms with Gasteiger partial charge in [-0.25, -0.2) is 14.6 Å². The van der Waals surface area contributed by atoms with Crippen molar-refractivity contribution in [2.45, 2.75) is 50.5 Å². The Morgan fingerprint density at radius 1 is 1.21 bits per heavy atom. The van der Waals surface area contributed by atoms with Crippen molar-refractivity contribution in [3.8, 4) is 0 Å². The second-order valence-electron chi connectivity index (χ2n) is 8.01. The summed E-state index contributed by atoms with van der Waals surface area (Å²) in [5.41, 5.74) is 0.496. The van der Waals surface area contributed by atoms with Crippen molar-refractivity contribution >= 4 is 5.91 Å². The smallest absolute Gasteiger partial charge is 0.274 e. The van der Waals surface area contributed by atoms with Crippen LogP contribution in [-0.4, -0.2) is 73.1 Å². The third kappa shape index (κ3) is 4.51. The van der Waals surface area contributed by atoms with Gasteiger partial charge in [0.05, 0.1) is 19.5 Å². The first-order valence-electron chi connectivity index (χ1n) is 10.6. The quantitative estimate of drug-likeness (QED) is 0.810. The Hall–Kier alpha value is -2.26. The summed E-state index contributed by atoms with van der Waals surface area (Å²) in [6.45, 7) is 3.41. The number of aliphatic hydroxyl groups excluding tert-OH is 1. The van der Waals surface area contributed by atoms with Gasteiger partial charge in [0.15, 0.2) is 5.82 Å². The Bertz CT molecular complexity index is 826. The van der Waals surface area contributed by atoms with Crippen molar-refractivity contribution in [1.82, 2.24) is 29.2 Å². The SMILES string of the molecule is Cn1cnc(C(=O)N2CCCC(c3nc(C4CCOCC4)nn3CCO)CC2)c1. The van der Waals surface area contributed by atoms with Gasteiger partial charge in [-0.1, -0.05) is 0 Å². The monoisotopic (exact) mass is 402 g/mol. The van der Waals surface area contributed by atoms with Gasteiger partial charge in [-0.05, 0) is 32.1 Å². The molecule has 4 rings (SSSR count). The van der Waals surface area contributed by atoms with E-state index in [9.17, 15) is 9.90 Å². The highest BCUT2D eigenvalue weighted by Gasteiger charge is 2.29. The Morgan fingerprint density at radius 3 is 2.76 bits per heavy atom. The van der Waals surface area contributed by atoms with Crippen LogP contribution in [0.4, 0.5) is 0 Å². The molecule has 2 fully saturated rings. The number of aryl methyl sites for hydroxylation is 1. The topological polar surface area (TPSA) is 98.3 Å². The average molecular weight is 402 g/mol. The van der Waals surface area contributed by atoms with Crippen molar-refractivity contribution in [3.63, 3.8) is 0 Å². The summed E-state index contributed by atoms with van der Waals surface area (Å²) in [4.78, 5) is 23.8. The lowest BCUT2D eigenvalue weighted by Crippen LogP contribution is -2.32. The molecule has 9 nitrogen and oxygen atoms in total. The minimum absolute atomic E-state index is 0.00836. The van der Waals surface area contributed by atoms with Gasteiger partial charge in [-0.15, -0.1) is 0 Å². The van der Waals surface area contributed by atoms with Gasteiger partial charge in [0.25, 0.3) is 5.91 Å². The molecule has 0 bridgehead atoms. The normalized spacial score (nSPS) is 21.3. The van der Waals surface area contributed by atoms with Gasteiger partial charge >= 0.3 is 0 Å². The molecule has 0 aromatic carbocycles. The van der Waals surface area contributed by atoms with Crippen molar-refractivity contribution < 1.29 is 14.6 Å². The summed E-state index contributed by atoms with van der Waals surface area (Å²) in [5.74, 6) is 2.39. The number of amides is 1. The maximum Gasteiger partial charge on any atom is 0.274 e. The van der Waals surface area contributed by atoms with Crippen LogP contribution >= 0.6 is 0 Å². The Morgan fingerprint density at radius 2 is 2.03 bits per heavy atom. The third-order valence-electron chi connectivity index (χ3n) is 5.92. The van der Waals surface area contributed by atoms with E-state index in [1.54, 1.807) is 17.1 Å². The third-order valence-corrected chi connectivity index (χ3v) is 5.92. The molecule has 0 aliphatic carbocycles. The molecule has 2 aliphatic rings. The lowest BCUT2D eigenvalue weighted by atomic mass is 9.98. The van der Waals surface area contributed by atoms with E-state index in [4.69, 9.17) is 14.8 Å². The van der Waals surface area contributed by atoms with Gasteiger partial charge in [0, 0.05) is 51.4 Å². The number of aromatic nitrogens is 5. The van der Waals surface area contributed by atoms with Gasteiger partial charge < -0.3 is 19.3 Å². The molecule has 2 aromatic rings. The highest BCUT2D eigenvalue weighted by molar-refractivity contribution is 5.92. The molecule has 1 amide bonds. The highest BCUT2D eigenvalue weighted by Crippen LogP contribution is 2.30. The molecule has 0 spiro atoms. The minimum atomic E-state index is -0.00836. The van der Waals surface area contributed by atoms with Gasteiger partial charge in [-0.2, -0.15) is 5.10 Å². The number of likely N-dealkylation sites (tertiary alicyclic amines) is 1. The Kier molecular flexibility index (Phi) is 6.25. The second kappa shape index (κ2) is 9.04. The van der Waals surface area contributed by atoms with Crippen molar-refractivity contribution in [2.24, 2.45) is 7.05 Å². The summed E-state index contributed by atoms with van der Waals surface area (Å²) in [7, 11) is 1.87. The molecule has 9 heteroatoms. The number of nitrogens with zero attached hydrogens (tertiary/aromatic N) is 6. The first-order valence-corrected chi connectivity index (χ1v) is 10.6. The second-order valence-corrected chi connectivity index (χ2v) is 8.01. The largest absolute Gasteiger partial charge is 0.394 e. The zero-order valence-electron chi connectivity index (χ0n) is 17.0. The number of imidazole rings is 1. The fraction of sp³-hybridized carbons (Fsp3) is 0.700. The summed E-state index contributed by atoms with van der Waals surface area (Å²) < 4.78 is 9.14. The number of rotatable bonds is 5. The van der Waals surface area contributed by atoms with E-state index in [1.165, 1.54) is 0 Å². The van der Waals surface area contributed by atoms with Crippen molar-refractivity contribution in [1.29, 1.82) is 0 Å². The summed E-state index contributed by atoms with van der Waals surface area (Å²) >= 11 is 0. The number of ether oxygens (including phenoxy) is 1. The summed E-state index contributed by atoms with van der Waals surface area (Å²) in [5, 5.41) is 14.2. The number of hydrogen-bond donors (Lipinski definition) is 1. The molecule has 158 valence electrons. The Balaban J connectivity index is 1.48. The van der Waals surface area contributed by atoms with E-state index in [-0.39, 0.29) is 18.4 Å². The van der Waals surface area contributed by atoms with E-state index < -0.39 is 0 Å². The molecule has 0 saturated carbocycles.